The molecule has 0 aliphatic heterocycles. The van der Waals surface area contributed by atoms with Crippen molar-refractivity contribution in [3.8, 4) is 0 Å². The van der Waals surface area contributed by atoms with Gasteiger partial charge in [-0.2, -0.15) is 0 Å². The van der Waals surface area contributed by atoms with E-state index in [1.165, 1.54) is 24.3 Å². The fourth-order valence-electron chi connectivity index (χ4n) is 2.16. The smallest absolute Gasteiger partial charge is 0.256 e. The van der Waals surface area contributed by atoms with E-state index >= 15 is 0 Å². The lowest BCUT2D eigenvalue weighted by molar-refractivity contribution is 0.102. The standard InChI is InChI=1S/C16H11FN2O2/c17-10-4-3-5-11(8-10)18-16(21)13-9-15(20)19-14-7-2-1-6-12(13)14/h1-9H,(H,18,21)(H,19,20). The molecule has 0 fully saturated rings. The van der Waals surface area contributed by atoms with Gasteiger partial charge in [-0.05, 0) is 24.3 Å². The summed E-state index contributed by atoms with van der Waals surface area (Å²) in [6.45, 7) is 0. The van der Waals surface area contributed by atoms with Crippen LogP contribution in [-0.4, -0.2) is 10.9 Å². The molecule has 3 aromatic rings. The number of pyridine rings is 1. The summed E-state index contributed by atoms with van der Waals surface area (Å²) in [5, 5.41) is 3.22. The van der Waals surface area contributed by atoms with E-state index in [2.05, 4.69) is 10.3 Å². The maximum absolute atomic E-state index is 13.1. The third-order valence-electron chi connectivity index (χ3n) is 3.08. The van der Waals surface area contributed by atoms with E-state index in [1.807, 2.05) is 0 Å². The van der Waals surface area contributed by atoms with Crippen LogP contribution in [0.1, 0.15) is 10.4 Å². The zero-order valence-electron chi connectivity index (χ0n) is 10.9. The van der Waals surface area contributed by atoms with Gasteiger partial charge in [0.1, 0.15) is 5.82 Å². The van der Waals surface area contributed by atoms with Crippen LogP contribution in [0.4, 0.5) is 10.1 Å². The second-order valence-electron chi connectivity index (χ2n) is 4.56. The van der Waals surface area contributed by atoms with Crippen molar-refractivity contribution in [3.05, 3.63) is 76.3 Å². The molecule has 0 aliphatic carbocycles. The van der Waals surface area contributed by atoms with Gasteiger partial charge in [0.2, 0.25) is 5.56 Å². The number of halogens is 1. The average Bonchev–Trinajstić information content (AvgIpc) is 2.46. The number of aromatic nitrogens is 1. The summed E-state index contributed by atoms with van der Waals surface area (Å²) in [5.41, 5.74) is 0.801. The number of nitrogens with one attached hydrogen (secondary N) is 2. The highest BCUT2D eigenvalue weighted by atomic mass is 19.1. The first kappa shape index (κ1) is 13.1. The van der Waals surface area contributed by atoms with Crippen LogP contribution >= 0.6 is 0 Å². The maximum atomic E-state index is 13.1. The van der Waals surface area contributed by atoms with Crippen molar-refractivity contribution in [3.63, 3.8) is 0 Å². The second-order valence-corrected chi connectivity index (χ2v) is 4.56. The van der Waals surface area contributed by atoms with Crippen molar-refractivity contribution < 1.29 is 9.18 Å². The molecule has 0 unspecified atom stereocenters. The molecule has 4 nitrogen and oxygen atoms in total. The van der Waals surface area contributed by atoms with Gasteiger partial charge in [-0.15, -0.1) is 0 Å². The molecule has 0 saturated heterocycles. The predicted molar refractivity (Wildman–Crippen MR) is 78.9 cm³/mol. The Hall–Kier alpha value is -2.95. The number of rotatable bonds is 2. The van der Waals surface area contributed by atoms with Crippen molar-refractivity contribution in [2.75, 3.05) is 5.32 Å². The maximum Gasteiger partial charge on any atom is 0.256 e. The van der Waals surface area contributed by atoms with Gasteiger partial charge in [0, 0.05) is 22.7 Å². The monoisotopic (exact) mass is 282 g/mol. The minimum absolute atomic E-state index is 0.249. The van der Waals surface area contributed by atoms with Crippen LogP contribution in [0.3, 0.4) is 0 Å². The number of fused-ring (bicyclic) bond motifs is 1. The van der Waals surface area contributed by atoms with E-state index in [0.29, 0.717) is 16.6 Å². The van der Waals surface area contributed by atoms with Gasteiger partial charge in [0.05, 0.1) is 5.56 Å². The molecule has 0 saturated carbocycles. The number of aromatic amines is 1. The molecule has 0 bridgehead atoms. The number of hydrogen-bond acceptors (Lipinski definition) is 2. The van der Waals surface area contributed by atoms with Crippen LogP contribution in [0.2, 0.25) is 0 Å². The largest absolute Gasteiger partial charge is 0.322 e. The Morgan fingerprint density at radius 1 is 1.05 bits per heavy atom. The summed E-state index contributed by atoms with van der Waals surface area (Å²) >= 11 is 0. The van der Waals surface area contributed by atoms with Gasteiger partial charge >= 0.3 is 0 Å². The Balaban J connectivity index is 2.04. The normalized spacial score (nSPS) is 10.5. The number of carbonyl (C=O) groups excluding carboxylic acids is 1. The molecular weight excluding hydrogens is 271 g/mol. The molecule has 1 heterocycles. The molecule has 3 rings (SSSR count). The minimum atomic E-state index is -0.456. The molecule has 0 radical (unpaired) electrons. The molecule has 5 heteroatoms. The Morgan fingerprint density at radius 3 is 2.67 bits per heavy atom. The number of hydrogen-bond donors (Lipinski definition) is 2. The van der Waals surface area contributed by atoms with Crippen LogP contribution in [0.15, 0.2) is 59.4 Å². The average molecular weight is 282 g/mol. The zero-order valence-corrected chi connectivity index (χ0v) is 10.9. The van der Waals surface area contributed by atoms with E-state index in [4.69, 9.17) is 0 Å². The minimum Gasteiger partial charge on any atom is -0.322 e. The third kappa shape index (κ3) is 2.67. The summed E-state index contributed by atoms with van der Waals surface area (Å²) < 4.78 is 13.1. The molecule has 1 aromatic heterocycles. The Kier molecular flexibility index (Phi) is 3.23. The summed E-state index contributed by atoms with van der Waals surface area (Å²) in [5.74, 6) is -0.897. The number of carbonyl (C=O) groups is 1. The number of para-hydroxylation sites is 1. The van der Waals surface area contributed by atoms with Crippen molar-refractivity contribution in [2.45, 2.75) is 0 Å². The van der Waals surface area contributed by atoms with Gasteiger partial charge in [-0.25, -0.2) is 4.39 Å². The lowest BCUT2D eigenvalue weighted by Crippen LogP contribution is -2.16. The SMILES string of the molecule is O=C(Nc1cccc(F)c1)c1cc(=O)[nH]c2ccccc12. The summed E-state index contributed by atoms with van der Waals surface area (Å²) in [6.07, 6.45) is 0. The van der Waals surface area contributed by atoms with Crippen molar-refractivity contribution in [1.82, 2.24) is 4.98 Å². The molecule has 0 aliphatic rings. The summed E-state index contributed by atoms with van der Waals surface area (Å²) in [7, 11) is 0. The number of anilines is 1. The first-order valence-electron chi connectivity index (χ1n) is 6.32. The Bertz CT molecular complexity index is 887. The van der Waals surface area contributed by atoms with E-state index in [1.54, 1.807) is 30.3 Å². The van der Waals surface area contributed by atoms with E-state index < -0.39 is 11.7 Å². The van der Waals surface area contributed by atoms with Gasteiger partial charge in [-0.3, -0.25) is 9.59 Å². The molecule has 2 aromatic carbocycles. The van der Waals surface area contributed by atoms with Crippen molar-refractivity contribution in [1.29, 1.82) is 0 Å². The zero-order chi connectivity index (χ0) is 14.8. The molecule has 0 atom stereocenters. The van der Waals surface area contributed by atoms with E-state index in [-0.39, 0.29) is 11.1 Å². The third-order valence-corrected chi connectivity index (χ3v) is 3.08. The van der Waals surface area contributed by atoms with Crippen LogP contribution in [0.5, 0.6) is 0 Å². The summed E-state index contributed by atoms with van der Waals surface area (Å²) in [4.78, 5) is 26.6. The fourth-order valence-corrected chi connectivity index (χ4v) is 2.16. The highest BCUT2D eigenvalue weighted by Gasteiger charge is 2.12. The topological polar surface area (TPSA) is 62.0 Å². The number of amides is 1. The number of benzene rings is 2. The van der Waals surface area contributed by atoms with E-state index in [9.17, 15) is 14.0 Å². The van der Waals surface area contributed by atoms with E-state index in [0.717, 1.165) is 0 Å². The van der Waals surface area contributed by atoms with Gasteiger partial charge in [-0.1, -0.05) is 24.3 Å². The molecular formula is C16H11FN2O2. The predicted octanol–water partition coefficient (Wildman–Crippen LogP) is 2.92. The Labute approximate surface area is 119 Å². The van der Waals surface area contributed by atoms with Crippen LogP contribution < -0.4 is 10.9 Å². The first-order chi connectivity index (χ1) is 10.1. The highest BCUT2D eigenvalue weighted by Crippen LogP contribution is 2.17. The molecule has 104 valence electrons. The Morgan fingerprint density at radius 2 is 1.86 bits per heavy atom. The highest BCUT2D eigenvalue weighted by molar-refractivity contribution is 6.12. The van der Waals surface area contributed by atoms with Gasteiger partial charge in [0.15, 0.2) is 0 Å². The molecule has 2 N–H and O–H groups in total. The lowest BCUT2D eigenvalue weighted by atomic mass is 10.1. The van der Waals surface area contributed by atoms with Crippen LogP contribution in [-0.2, 0) is 0 Å². The van der Waals surface area contributed by atoms with Crippen molar-refractivity contribution >= 4 is 22.5 Å². The van der Waals surface area contributed by atoms with Gasteiger partial charge < -0.3 is 10.3 Å². The summed E-state index contributed by atoms with van der Waals surface area (Å²) in [6, 6.07) is 13.8. The molecule has 1 amide bonds. The fraction of sp³-hybridized carbons (Fsp3) is 0. The quantitative estimate of drug-likeness (QED) is 0.759. The first-order valence-corrected chi connectivity index (χ1v) is 6.32. The lowest BCUT2D eigenvalue weighted by Gasteiger charge is -2.07. The number of H-pyrrole nitrogens is 1. The van der Waals surface area contributed by atoms with Crippen molar-refractivity contribution in [2.24, 2.45) is 0 Å². The van der Waals surface area contributed by atoms with Gasteiger partial charge in [0.25, 0.3) is 5.91 Å². The molecule has 21 heavy (non-hydrogen) atoms. The van der Waals surface area contributed by atoms with Crippen LogP contribution in [0, 0.1) is 5.82 Å². The van der Waals surface area contributed by atoms with Crippen LogP contribution in [0.25, 0.3) is 10.9 Å². The second kappa shape index (κ2) is 5.20. The molecule has 0 spiro atoms.